The molecule has 0 bridgehead atoms. The Bertz CT molecular complexity index is 293. The van der Waals surface area contributed by atoms with Crippen molar-refractivity contribution in [2.45, 2.75) is 19.6 Å². The van der Waals surface area contributed by atoms with Gasteiger partial charge in [-0.25, -0.2) is 4.98 Å². The molecular formula is C8H12N2O3. The number of carbonyl (C=O) groups is 1. The molecule has 1 aromatic heterocycles. The van der Waals surface area contributed by atoms with Crippen LogP contribution in [0, 0.1) is 0 Å². The number of nitrogens with zero attached hydrogens (tertiary/aromatic N) is 2. The van der Waals surface area contributed by atoms with Crippen LogP contribution < -0.4 is 0 Å². The summed E-state index contributed by atoms with van der Waals surface area (Å²) in [5, 5.41) is 8.75. The quantitative estimate of drug-likeness (QED) is 0.524. The molecule has 1 heterocycles. The number of rotatable bonds is 3. The SMILES string of the molecule is CC(O)OC(=O)Cc1nccn1C. The minimum Gasteiger partial charge on any atom is -0.436 e. The average molecular weight is 184 g/mol. The van der Waals surface area contributed by atoms with Crippen molar-refractivity contribution >= 4 is 5.97 Å². The van der Waals surface area contributed by atoms with Crippen molar-refractivity contribution in [3.8, 4) is 0 Å². The van der Waals surface area contributed by atoms with Crippen molar-refractivity contribution in [3.63, 3.8) is 0 Å². The third kappa shape index (κ3) is 2.87. The maximum atomic E-state index is 11.0. The number of aryl methyl sites for hydroxylation is 1. The van der Waals surface area contributed by atoms with E-state index in [1.54, 1.807) is 24.0 Å². The molecule has 0 radical (unpaired) electrons. The number of aromatic nitrogens is 2. The molecular weight excluding hydrogens is 172 g/mol. The molecule has 0 spiro atoms. The molecule has 0 saturated heterocycles. The number of ether oxygens (including phenoxy) is 1. The molecule has 0 fully saturated rings. The van der Waals surface area contributed by atoms with E-state index in [1.165, 1.54) is 6.92 Å². The van der Waals surface area contributed by atoms with Crippen LogP contribution in [-0.2, 0) is 23.0 Å². The fourth-order valence-electron chi connectivity index (χ4n) is 0.928. The number of hydrogen-bond donors (Lipinski definition) is 1. The highest BCUT2D eigenvalue weighted by Crippen LogP contribution is 1.98. The predicted molar refractivity (Wildman–Crippen MR) is 44.7 cm³/mol. The lowest BCUT2D eigenvalue weighted by Gasteiger charge is -2.06. The molecule has 5 heteroatoms. The Hall–Kier alpha value is -1.36. The highest BCUT2D eigenvalue weighted by molar-refractivity contribution is 5.71. The van der Waals surface area contributed by atoms with E-state index in [0.29, 0.717) is 5.82 Å². The Morgan fingerprint density at radius 3 is 3.00 bits per heavy atom. The van der Waals surface area contributed by atoms with E-state index in [0.717, 1.165) is 0 Å². The van der Waals surface area contributed by atoms with Crippen LogP contribution >= 0.6 is 0 Å². The van der Waals surface area contributed by atoms with Crippen LogP contribution in [0.4, 0.5) is 0 Å². The maximum Gasteiger partial charge on any atom is 0.315 e. The van der Waals surface area contributed by atoms with Crippen LogP contribution in [-0.4, -0.2) is 26.9 Å². The van der Waals surface area contributed by atoms with Gasteiger partial charge in [0.1, 0.15) is 12.2 Å². The monoisotopic (exact) mass is 184 g/mol. The zero-order valence-electron chi connectivity index (χ0n) is 7.60. The van der Waals surface area contributed by atoms with Crippen molar-refractivity contribution in [3.05, 3.63) is 18.2 Å². The fourth-order valence-corrected chi connectivity index (χ4v) is 0.928. The van der Waals surface area contributed by atoms with Gasteiger partial charge in [-0.15, -0.1) is 0 Å². The van der Waals surface area contributed by atoms with Gasteiger partial charge in [0.05, 0.1) is 0 Å². The molecule has 1 rings (SSSR count). The molecule has 1 unspecified atom stereocenters. The van der Waals surface area contributed by atoms with Gasteiger partial charge >= 0.3 is 5.97 Å². The van der Waals surface area contributed by atoms with Gasteiger partial charge in [-0.05, 0) is 6.92 Å². The molecule has 1 aromatic rings. The summed E-state index contributed by atoms with van der Waals surface area (Å²) in [7, 11) is 1.79. The second-order valence-corrected chi connectivity index (χ2v) is 2.72. The Morgan fingerprint density at radius 2 is 2.54 bits per heavy atom. The Balaban J connectivity index is 2.50. The number of esters is 1. The smallest absolute Gasteiger partial charge is 0.315 e. The molecule has 0 aliphatic heterocycles. The van der Waals surface area contributed by atoms with E-state index in [4.69, 9.17) is 5.11 Å². The summed E-state index contributed by atoms with van der Waals surface area (Å²) in [6, 6.07) is 0. The number of hydrogen-bond acceptors (Lipinski definition) is 4. The van der Waals surface area contributed by atoms with Gasteiger partial charge in [-0.1, -0.05) is 0 Å². The predicted octanol–water partition coefficient (Wildman–Crippen LogP) is -0.156. The van der Waals surface area contributed by atoms with Gasteiger partial charge in [-0.2, -0.15) is 0 Å². The Kier molecular flexibility index (Phi) is 3.02. The fraction of sp³-hybridized carbons (Fsp3) is 0.500. The minimum absolute atomic E-state index is 0.0778. The Morgan fingerprint density at radius 1 is 1.85 bits per heavy atom. The number of imidazole rings is 1. The highest BCUT2D eigenvalue weighted by Gasteiger charge is 2.10. The minimum atomic E-state index is -1.06. The lowest BCUT2D eigenvalue weighted by Crippen LogP contribution is -2.17. The zero-order chi connectivity index (χ0) is 9.84. The van der Waals surface area contributed by atoms with Gasteiger partial charge in [0.25, 0.3) is 0 Å². The molecule has 13 heavy (non-hydrogen) atoms. The maximum absolute atomic E-state index is 11.0. The van der Waals surface area contributed by atoms with Gasteiger partial charge in [0, 0.05) is 19.4 Å². The van der Waals surface area contributed by atoms with Crippen molar-refractivity contribution in [1.82, 2.24) is 9.55 Å². The highest BCUT2D eigenvalue weighted by atomic mass is 16.6. The van der Waals surface area contributed by atoms with Gasteiger partial charge in [0.2, 0.25) is 0 Å². The first kappa shape index (κ1) is 9.73. The molecule has 0 aliphatic rings. The van der Waals surface area contributed by atoms with Crippen LogP contribution in [0.25, 0.3) is 0 Å². The molecule has 5 nitrogen and oxygen atoms in total. The zero-order valence-corrected chi connectivity index (χ0v) is 7.60. The van der Waals surface area contributed by atoms with Crippen molar-refractivity contribution in [1.29, 1.82) is 0 Å². The summed E-state index contributed by atoms with van der Waals surface area (Å²) >= 11 is 0. The second-order valence-electron chi connectivity index (χ2n) is 2.72. The van der Waals surface area contributed by atoms with Crippen LogP contribution in [0.15, 0.2) is 12.4 Å². The summed E-state index contributed by atoms with van der Waals surface area (Å²) in [6.45, 7) is 1.39. The summed E-state index contributed by atoms with van der Waals surface area (Å²) < 4.78 is 6.27. The molecule has 0 aliphatic carbocycles. The van der Waals surface area contributed by atoms with E-state index >= 15 is 0 Å². The first-order valence-electron chi connectivity index (χ1n) is 3.93. The second kappa shape index (κ2) is 4.04. The number of aliphatic hydroxyl groups is 1. The van der Waals surface area contributed by atoms with Crippen LogP contribution in [0.3, 0.4) is 0 Å². The third-order valence-electron chi connectivity index (χ3n) is 1.53. The van der Waals surface area contributed by atoms with Gasteiger partial charge < -0.3 is 14.4 Å². The number of aliphatic hydroxyl groups excluding tert-OH is 1. The lowest BCUT2D eigenvalue weighted by molar-refractivity contribution is -0.164. The third-order valence-corrected chi connectivity index (χ3v) is 1.53. The van der Waals surface area contributed by atoms with E-state index < -0.39 is 12.3 Å². The lowest BCUT2D eigenvalue weighted by atomic mass is 10.4. The van der Waals surface area contributed by atoms with E-state index in [9.17, 15) is 4.79 Å². The molecule has 1 atom stereocenters. The average Bonchev–Trinajstić information content (AvgIpc) is 2.34. The van der Waals surface area contributed by atoms with E-state index in [1.807, 2.05) is 0 Å². The van der Waals surface area contributed by atoms with E-state index in [-0.39, 0.29) is 6.42 Å². The first-order chi connectivity index (χ1) is 6.09. The largest absolute Gasteiger partial charge is 0.436 e. The number of carbonyl (C=O) groups excluding carboxylic acids is 1. The summed E-state index contributed by atoms with van der Waals surface area (Å²) in [5.41, 5.74) is 0. The standard InChI is InChI=1S/C8H12N2O3/c1-6(11)13-8(12)5-7-9-3-4-10(7)2/h3-4,6,11H,5H2,1-2H3. The molecule has 0 amide bonds. The van der Waals surface area contributed by atoms with Crippen LogP contribution in [0.5, 0.6) is 0 Å². The van der Waals surface area contributed by atoms with Crippen LogP contribution in [0.1, 0.15) is 12.7 Å². The molecule has 1 N–H and O–H groups in total. The summed E-state index contributed by atoms with van der Waals surface area (Å²) in [5.74, 6) is 0.134. The van der Waals surface area contributed by atoms with Gasteiger partial charge in [0.15, 0.2) is 6.29 Å². The van der Waals surface area contributed by atoms with Gasteiger partial charge in [-0.3, -0.25) is 4.79 Å². The topological polar surface area (TPSA) is 64.3 Å². The summed E-state index contributed by atoms with van der Waals surface area (Å²) in [6.07, 6.45) is 2.36. The van der Waals surface area contributed by atoms with Crippen molar-refractivity contribution in [2.75, 3.05) is 0 Å². The summed E-state index contributed by atoms with van der Waals surface area (Å²) in [4.78, 5) is 15.0. The molecule has 72 valence electrons. The first-order valence-corrected chi connectivity index (χ1v) is 3.93. The Labute approximate surface area is 76.0 Å². The molecule has 0 aromatic carbocycles. The van der Waals surface area contributed by atoms with Crippen LogP contribution in [0.2, 0.25) is 0 Å². The normalized spacial score (nSPS) is 12.5. The molecule has 0 saturated carbocycles. The van der Waals surface area contributed by atoms with Crippen molar-refractivity contribution < 1.29 is 14.6 Å². The van der Waals surface area contributed by atoms with Crippen molar-refractivity contribution in [2.24, 2.45) is 7.05 Å². The van der Waals surface area contributed by atoms with E-state index in [2.05, 4.69) is 9.72 Å².